The van der Waals surface area contributed by atoms with Gasteiger partial charge in [0.15, 0.2) is 0 Å². The highest BCUT2D eigenvalue weighted by Crippen LogP contribution is 2.29. The number of hydrogen-bond acceptors (Lipinski definition) is 3. The van der Waals surface area contributed by atoms with Crippen molar-refractivity contribution in [1.29, 1.82) is 0 Å². The Bertz CT molecular complexity index is 375. The van der Waals surface area contributed by atoms with E-state index < -0.39 is 0 Å². The van der Waals surface area contributed by atoms with Crippen LogP contribution in [0.25, 0.3) is 0 Å². The molecule has 1 N–H and O–H groups in total. The van der Waals surface area contributed by atoms with Gasteiger partial charge < -0.3 is 5.32 Å². The summed E-state index contributed by atoms with van der Waals surface area (Å²) in [4.78, 5) is 8.80. The van der Waals surface area contributed by atoms with Gasteiger partial charge in [-0.25, -0.2) is 9.97 Å². The van der Waals surface area contributed by atoms with Crippen LogP contribution >= 0.6 is 11.6 Å². The van der Waals surface area contributed by atoms with Gasteiger partial charge in [0, 0.05) is 18.5 Å². The molecule has 1 aliphatic carbocycles. The number of nitrogens with zero attached hydrogens (tertiary/aromatic N) is 2. The van der Waals surface area contributed by atoms with Crippen molar-refractivity contribution < 1.29 is 0 Å². The molecule has 0 aliphatic heterocycles. The molecule has 4 heteroatoms. The van der Waals surface area contributed by atoms with Crippen molar-refractivity contribution in [1.82, 2.24) is 9.97 Å². The van der Waals surface area contributed by atoms with E-state index >= 15 is 0 Å². The standard InChI is InChI=1S/C12H18ClN3/c1-3-4-10-15-11(13)8(2)12(16-10)14-7-9-5-6-9/h9H,3-7H2,1-2H3,(H,14,15,16). The minimum Gasteiger partial charge on any atom is -0.369 e. The Balaban J connectivity index is 2.12. The van der Waals surface area contributed by atoms with Gasteiger partial charge in [-0.15, -0.1) is 0 Å². The maximum Gasteiger partial charge on any atom is 0.137 e. The van der Waals surface area contributed by atoms with Gasteiger partial charge in [0.1, 0.15) is 16.8 Å². The summed E-state index contributed by atoms with van der Waals surface area (Å²) in [7, 11) is 0. The summed E-state index contributed by atoms with van der Waals surface area (Å²) >= 11 is 6.09. The first-order chi connectivity index (χ1) is 7.70. The van der Waals surface area contributed by atoms with Crippen LogP contribution in [0.15, 0.2) is 0 Å². The van der Waals surface area contributed by atoms with Crippen LogP contribution in [0.2, 0.25) is 5.15 Å². The zero-order valence-electron chi connectivity index (χ0n) is 9.89. The van der Waals surface area contributed by atoms with Crippen LogP contribution in [0.5, 0.6) is 0 Å². The lowest BCUT2D eigenvalue weighted by molar-refractivity contribution is 0.821. The molecule has 0 amide bonds. The molecule has 2 rings (SSSR count). The number of nitrogens with one attached hydrogen (secondary N) is 1. The number of aromatic nitrogens is 2. The van der Waals surface area contributed by atoms with E-state index in [-0.39, 0.29) is 0 Å². The molecule has 1 aromatic heterocycles. The topological polar surface area (TPSA) is 37.8 Å². The Morgan fingerprint density at radius 2 is 2.12 bits per heavy atom. The van der Waals surface area contributed by atoms with Gasteiger partial charge in [-0.3, -0.25) is 0 Å². The van der Waals surface area contributed by atoms with Gasteiger partial charge in [-0.2, -0.15) is 0 Å². The fourth-order valence-electron chi connectivity index (χ4n) is 1.60. The molecular formula is C12H18ClN3. The van der Waals surface area contributed by atoms with Crippen LogP contribution < -0.4 is 5.32 Å². The highest BCUT2D eigenvalue weighted by Gasteiger charge is 2.21. The zero-order valence-corrected chi connectivity index (χ0v) is 10.6. The van der Waals surface area contributed by atoms with Gasteiger partial charge in [0.25, 0.3) is 0 Å². The van der Waals surface area contributed by atoms with Crippen LogP contribution in [0, 0.1) is 12.8 Å². The summed E-state index contributed by atoms with van der Waals surface area (Å²) in [6.07, 6.45) is 4.61. The minimum absolute atomic E-state index is 0.580. The molecule has 88 valence electrons. The number of rotatable bonds is 5. The molecule has 0 radical (unpaired) electrons. The third kappa shape index (κ3) is 2.85. The molecule has 0 aromatic carbocycles. The van der Waals surface area contributed by atoms with Gasteiger partial charge in [-0.1, -0.05) is 18.5 Å². The largest absolute Gasteiger partial charge is 0.369 e. The normalized spacial score (nSPS) is 15.2. The van der Waals surface area contributed by atoms with Crippen LogP contribution in [0.4, 0.5) is 5.82 Å². The van der Waals surface area contributed by atoms with E-state index in [4.69, 9.17) is 11.6 Å². The molecule has 1 aromatic rings. The molecule has 1 heterocycles. The molecule has 1 aliphatic rings. The van der Waals surface area contributed by atoms with Gasteiger partial charge in [0.2, 0.25) is 0 Å². The van der Waals surface area contributed by atoms with Crippen LogP contribution in [-0.4, -0.2) is 16.5 Å². The first-order valence-corrected chi connectivity index (χ1v) is 6.35. The number of halogens is 1. The van der Waals surface area contributed by atoms with E-state index in [1.54, 1.807) is 0 Å². The SMILES string of the molecule is CCCc1nc(Cl)c(C)c(NCC2CC2)n1. The smallest absolute Gasteiger partial charge is 0.137 e. The van der Waals surface area contributed by atoms with Gasteiger partial charge in [0.05, 0.1) is 0 Å². The fraction of sp³-hybridized carbons (Fsp3) is 0.667. The van der Waals surface area contributed by atoms with Gasteiger partial charge in [-0.05, 0) is 32.1 Å². The maximum absolute atomic E-state index is 6.09. The first kappa shape index (κ1) is 11.6. The summed E-state index contributed by atoms with van der Waals surface area (Å²) in [6.45, 7) is 5.10. The molecule has 1 saturated carbocycles. The lowest BCUT2D eigenvalue weighted by atomic mass is 10.3. The van der Waals surface area contributed by atoms with E-state index in [2.05, 4.69) is 22.2 Å². The molecule has 0 bridgehead atoms. The Morgan fingerprint density at radius 1 is 1.38 bits per heavy atom. The Labute approximate surface area is 102 Å². The summed E-state index contributed by atoms with van der Waals surface area (Å²) in [5, 5.41) is 3.96. The molecule has 0 unspecified atom stereocenters. The second-order valence-electron chi connectivity index (χ2n) is 4.48. The lowest BCUT2D eigenvalue weighted by Crippen LogP contribution is -2.09. The monoisotopic (exact) mass is 239 g/mol. The Hall–Kier alpha value is -0.830. The summed E-state index contributed by atoms with van der Waals surface area (Å²) < 4.78 is 0. The van der Waals surface area contributed by atoms with Crippen LogP contribution in [-0.2, 0) is 6.42 Å². The zero-order chi connectivity index (χ0) is 11.5. The predicted molar refractivity (Wildman–Crippen MR) is 67.0 cm³/mol. The van der Waals surface area contributed by atoms with E-state index in [0.29, 0.717) is 5.15 Å². The van der Waals surface area contributed by atoms with Crippen molar-refractivity contribution in [2.24, 2.45) is 5.92 Å². The third-order valence-electron chi connectivity index (χ3n) is 2.86. The summed E-state index contributed by atoms with van der Waals surface area (Å²) in [5.41, 5.74) is 0.960. The molecular weight excluding hydrogens is 222 g/mol. The quantitative estimate of drug-likeness (QED) is 0.802. The van der Waals surface area contributed by atoms with Crippen molar-refractivity contribution >= 4 is 17.4 Å². The van der Waals surface area contributed by atoms with E-state index in [1.165, 1.54) is 12.8 Å². The van der Waals surface area contributed by atoms with Crippen molar-refractivity contribution in [3.05, 3.63) is 16.5 Å². The van der Waals surface area contributed by atoms with Crippen molar-refractivity contribution in [2.45, 2.75) is 39.5 Å². The van der Waals surface area contributed by atoms with E-state index in [9.17, 15) is 0 Å². The van der Waals surface area contributed by atoms with Crippen molar-refractivity contribution in [3.63, 3.8) is 0 Å². The van der Waals surface area contributed by atoms with Crippen molar-refractivity contribution in [3.8, 4) is 0 Å². The second-order valence-corrected chi connectivity index (χ2v) is 4.84. The van der Waals surface area contributed by atoms with Crippen LogP contribution in [0.1, 0.15) is 37.6 Å². The highest BCUT2D eigenvalue weighted by molar-refractivity contribution is 6.30. The van der Waals surface area contributed by atoms with E-state index in [0.717, 1.165) is 42.5 Å². The minimum atomic E-state index is 0.580. The van der Waals surface area contributed by atoms with Gasteiger partial charge >= 0.3 is 0 Å². The third-order valence-corrected chi connectivity index (χ3v) is 3.23. The maximum atomic E-state index is 6.09. The van der Waals surface area contributed by atoms with E-state index in [1.807, 2.05) is 6.92 Å². The van der Waals surface area contributed by atoms with Crippen LogP contribution in [0.3, 0.4) is 0 Å². The average molecular weight is 240 g/mol. The fourth-order valence-corrected chi connectivity index (χ4v) is 1.79. The first-order valence-electron chi connectivity index (χ1n) is 5.97. The predicted octanol–water partition coefficient (Wildman–Crippen LogP) is 3.21. The highest BCUT2D eigenvalue weighted by atomic mass is 35.5. The Kier molecular flexibility index (Phi) is 3.64. The summed E-state index contributed by atoms with van der Waals surface area (Å²) in [5.74, 6) is 2.59. The lowest BCUT2D eigenvalue weighted by Gasteiger charge is -2.10. The number of anilines is 1. The number of aryl methyl sites for hydroxylation is 1. The van der Waals surface area contributed by atoms with Crippen molar-refractivity contribution in [2.75, 3.05) is 11.9 Å². The molecule has 0 atom stereocenters. The molecule has 3 nitrogen and oxygen atoms in total. The summed E-state index contributed by atoms with van der Waals surface area (Å²) in [6, 6.07) is 0. The molecule has 16 heavy (non-hydrogen) atoms. The second kappa shape index (κ2) is 5.00. The average Bonchev–Trinajstić information content (AvgIpc) is 3.05. The molecule has 0 saturated heterocycles. The molecule has 0 spiro atoms. The molecule has 1 fully saturated rings. The Morgan fingerprint density at radius 3 is 2.75 bits per heavy atom. The number of hydrogen-bond donors (Lipinski definition) is 1.